The van der Waals surface area contributed by atoms with Gasteiger partial charge in [-0.05, 0) is 46.0 Å². The Morgan fingerprint density at radius 1 is 0.786 bits per heavy atom. The quantitative estimate of drug-likeness (QED) is 0.255. The maximum Gasteiger partial charge on any atom is 0.233 e. The van der Waals surface area contributed by atoms with E-state index < -0.39 is 22.4 Å². The molecule has 8 nitrogen and oxygen atoms in total. The third-order valence-corrected chi connectivity index (χ3v) is 7.12. The molecule has 0 aromatic carbocycles. The molecule has 158 valence electrons. The molecule has 10 heteroatoms. The third-order valence-electron chi connectivity index (χ3n) is 4.22. The molecular formula is C18H30N4O4S2. The van der Waals surface area contributed by atoms with Gasteiger partial charge in [0, 0.05) is 12.8 Å². The van der Waals surface area contributed by atoms with Crippen molar-refractivity contribution in [2.75, 3.05) is 23.0 Å². The first kappa shape index (κ1) is 26.5. The summed E-state index contributed by atoms with van der Waals surface area (Å²) in [5.74, 6) is 0.745. The van der Waals surface area contributed by atoms with E-state index in [2.05, 4.69) is 10.6 Å². The average Bonchev–Trinajstić information content (AvgIpc) is 2.56. The van der Waals surface area contributed by atoms with Crippen LogP contribution in [-0.4, -0.2) is 43.9 Å². The minimum atomic E-state index is -1.13. The lowest BCUT2D eigenvalue weighted by Gasteiger charge is -2.25. The zero-order valence-corrected chi connectivity index (χ0v) is 18.6. The van der Waals surface area contributed by atoms with Crippen LogP contribution in [0.1, 0.15) is 53.4 Å². The number of hydrogen-bond acceptors (Lipinski definition) is 6. The Labute approximate surface area is 173 Å². The molecule has 0 aliphatic carbocycles. The molecule has 2 amide bonds. The fourth-order valence-electron chi connectivity index (χ4n) is 2.43. The van der Waals surface area contributed by atoms with Crippen molar-refractivity contribution in [3.8, 4) is 12.4 Å². The summed E-state index contributed by atoms with van der Waals surface area (Å²) in [4.78, 5) is 23.0. The van der Waals surface area contributed by atoms with Crippen molar-refractivity contribution in [1.29, 1.82) is 10.5 Å². The van der Waals surface area contributed by atoms with Gasteiger partial charge in [0.2, 0.25) is 11.8 Å². The van der Waals surface area contributed by atoms with E-state index in [-0.39, 0.29) is 35.5 Å². The highest BCUT2D eigenvalue weighted by Gasteiger charge is 2.27. The van der Waals surface area contributed by atoms with Gasteiger partial charge in [0.25, 0.3) is 0 Å². The maximum atomic E-state index is 12.2. The first-order valence-electron chi connectivity index (χ1n) is 8.96. The van der Waals surface area contributed by atoms with Crippen molar-refractivity contribution in [2.45, 2.75) is 53.4 Å². The molecule has 0 radical (unpaired) electrons. The van der Waals surface area contributed by atoms with Crippen LogP contribution in [0.4, 0.5) is 0 Å². The van der Waals surface area contributed by atoms with Gasteiger partial charge in [0.05, 0.1) is 0 Å². The molecule has 2 atom stereocenters. The van der Waals surface area contributed by atoms with Crippen LogP contribution in [-0.2, 0) is 31.9 Å². The monoisotopic (exact) mass is 430 g/mol. The van der Waals surface area contributed by atoms with Gasteiger partial charge >= 0.3 is 0 Å². The summed E-state index contributed by atoms with van der Waals surface area (Å²) in [6.45, 7) is 7.52. The Balaban J connectivity index is 4.16. The lowest BCUT2D eigenvalue weighted by Crippen LogP contribution is -2.30. The van der Waals surface area contributed by atoms with Gasteiger partial charge in [-0.3, -0.25) is 20.2 Å². The highest BCUT2D eigenvalue weighted by Crippen LogP contribution is 2.27. The summed E-state index contributed by atoms with van der Waals surface area (Å²) >= 11 is -2.26. The second kappa shape index (κ2) is 12.9. The largest absolute Gasteiger partial charge is 0.616 e. The second-order valence-corrected chi connectivity index (χ2v) is 11.6. The van der Waals surface area contributed by atoms with Gasteiger partial charge in [0.15, 0.2) is 12.4 Å². The number of nitrogens with one attached hydrogen (secondary N) is 2. The standard InChI is InChI=1S/C18H30N4O4S2/c1-17(2,11-15(23)21-13-19)5-7-27(25)9-10-28(26)8-6-18(3,4)12-16(24)22-14-20/h5-12H2,1-4H3,(H,21,23)(H,22,24). The smallest absolute Gasteiger partial charge is 0.233 e. The molecule has 0 saturated heterocycles. The number of amides is 2. The Bertz CT molecular complexity index is 547. The topological polar surface area (TPSA) is 152 Å². The molecule has 0 aliphatic heterocycles. The predicted octanol–water partition coefficient (Wildman–Crippen LogP) is 1.29. The summed E-state index contributed by atoms with van der Waals surface area (Å²) in [5.41, 5.74) is -0.743. The molecule has 0 fully saturated rings. The van der Waals surface area contributed by atoms with Crippen LogP contribution < -0.4 is 10.6 Å². The fraction of sp³-hybridized carbons (Fsp3) is 0.778. The minimum absolute atomic E-state index is 0.179. The van der Waals surface area contributed by atoms with Gasteiger partial charge in [-0.1, -0.05) is 27.7 Å². The van der Waals surface area contributed by atoms with E-state index in [0.29, 0.717) is 35.9 Å². The summed E-state index contributed by atoms with van der Waals surface area (Å²) in [6.07, 6.45) is 4.67. The summed E-state index contributed by atoms with van der Waals surface area (Å²) in [6, 6.07) is 0. The van der Waals surface area contributed by atoms with E-state index in [0.717, 1.165) is 0 Å². The molecule has 2 unspecified atom stereocenters. The fourth-order valence-corrected chi connectivity index (χ4v) is 5.89. The zero-order valence-electron chi connectivity index (χ0n) is 17.0. The first-order valence-corrected chi connectivity index (χ1v) is 11.9. The number of carbonyl (C=O) groups excluding carboxylic acids is 2. The number of carbonyl (C=O) groups is 2. The molecule has 0 rings (SSSR count). The van der Waals surface area contributed by atoms with E-state index in [1.54, 1.807) is 12.4 Å². The van der Waals surface area contributed by atoms with Crippen molar-refractivity contribution in [1.82, 2.24) is 10.6 Å². The van der Waals surface area contributed by atoms with Gasteiger partial charge in [-0.25, -0.2) is 0 Å². The molecule has 0 aromatic heterocycles. The van der Waals surface area contributed by atoms with Crippen molar-refractivity contribution >= 4 is 34.2 Å². The highest BCUT2D eigenvalue weighted by atomic mass is 32.2. The van der Waals surface area contributed by atoms with E-state index >= 15 is 0 Å². The van der Waals surface area contributed by atoms with Crippen molar-refractivity contribution < 1.29 is 18.7 Å². The van der Waals surface area contributed by atoms with Crippen LogP contribution in [0.5, 0.6) is 0 Å². The minimum Gasteiger partial charge on any atom is -0.616 e. The summed E-state index contributed by atoms with van der Waals surface area (Å²) in [5, 5.41) is 21.1. The van der Waals surface area contributed by atoms with Crippen molar-refractivity contribution in [2.24, 2.45) is 10.8 Å². The molecule has 0 aliphatic rings. The predicted molar refractivity (Wildman–Crippen MR) is 109 cm³/mol. The summed E-state index contributed by atoms with van der Waals surface area (Å²) < 4.78 is 24.3. The number of nitriles is 2. The van der Waals surface area contributed by atoms with E-state index in [9.17, 15) is 18.7 Å². The maximum absolute atomic E-state index is 12.2. The Morgan fingerprint density at radius 2 is 1.11 bits per heavy atom. The van der Waals surface area contributed by atoms with Crippen LogP contribution in [0.2, 0.25) is 0 Å². The highest BCUT2D eigenvalue weighted by molar-refractivity contribution is 7.95. The molecule has 0 bridgehead atoms. The van der Waals surface area contributed by atoms with Gasteiger partial charge in [0.1, 0.15) is 23.0 Å². The number of rotatable bonds is 13. The average molecular weight is 431 g/mol. The molecule has 0 spiro atoms. The normalized spacial score (nSPS) is 13.7. The van der Waals surface area contributed by atoms with E-state index in [4.69, 9.17) is 10.5 Å². The molecule has 28 heavy (non-hydrogen) atoms. The lowest BCUT2D eigenvalue weighted by molar-refractivity contribution is -0.122. The number of nitrogens with zero attached hydrogens (tertiary/aromatic N) is 2. The van der Waals surface area contributed by atoms with Crippen LogP contribution in [0.3, 0.4) is 0 Å². The Hall–Kier alpha value is -1.46. The van der Waals surface area contributed by atoms with Crippen LogP contribution in [0.25, 0.3) is 0 Å². The first-order chi connectivity index (χ1) is 12.9. The second-order valence-electron chi connectivity index (χ2n) is 8.20. The van der Waals surface area contributed by atoms with Crippen LogP contribution >= 0.6 is 0 Å². The molecular weight excluding hydrogens is 400 g/mol. The lowest BCUT2D eigenvalue weighted by atomic mass is 9.86. The zero-order chi connectivity index (χ0) is 21.8. The molecule has 0 aromatic rings. The molecule has 0 saturated carbocycles. The van der Waals surface area contributed by atoms with Crippen LogP contribution in [0.15, 0.2) is 0 Å². The van der Waals surface area contributed by atoms with E-state index in [1.165, 1.54) is 0 Å². The van der Waals surface area contributed by atoms with Crippen molar-refractivity contribution in [3.63, 3.8) is 0 Å². The van der Waals surface area contributed by atoms with Gasteiger partial charge < -0.3 is 9.11 Å². The molecule has 0 heterocycles. The Morgan fingerprint density at radius 3 is 1.39 bits per heavy atom. The van der Waals surface area contributed by atoms with Crippen molar-refractivity contribution in [3.05, 3.63) is 0 Å². The van der Waals surface area contributed by atoms with E-state index in [1.807, 2.05) is 27.7 Å². The van der Waals surface area contributed by atoms with Gasteiger partial charge in [-0.15, -0.1) is 0 Å². The molecule has 2 N–H and O–H groups in total. The van der Waals surface area contributed by atoms with Gasteiger partial charge in [-0.2, -0.15) is 10.5 Å². The number of hydrogen-bond donors (Lipinski definition) is 2. The van der Waals surface area contributed by atoms with Crippen LogP contribution in [0, 0.1) is 33.7 Å². The summed E-state index contributed by atoms with van der Waals surface area (Å²) in [7, 11) is 0. The SMILES string of the molecule is CC(C)(CC[S+]([O-])CC[S+]([O-])CCC(C)(C)CC(=O)NC#N)CC(=O)NC#N. The third kappa shape index (κ3) is 13.7. The Kier molecular flexibility index (Phi) is 12.2.